The minimum absolute atomic E-state index is 0.271. The van der Waals surface area contributed by atoms with Crippen molar-refractivity contribution in [3.63, 3.8) is 0 Å². The fourth-order valence-corrected chi connectivity index (χ4v) is 4.48. The van der Waals surface area contributed by atoms with E-state index in [-0.39, 0.29) is 5.92 Å². The van der Waals surface area contributed by atoms with Crippen LogP contribution in [0.15, 0.2) is 59.0 Å². The second kappa shape index (κ2) is 5.33. The number of allylic oxidation sites excluding steroid dienone is 2. The minimum atomic E-state index is -3.29. The van der Waals surface area contributed by atoms with Crippen LogP contribution in [-0.4, -0.2) is 13.7 Å². The summed E-state index contributed by atoms with van der Waals surface area (Å²) in [6.45, 7) is 7.86. The van der Waals surface area contributed by atoms with Crippen molar-refractivity contribution < 1.29 is 8.42 Å². The molecule has 0 aromatic heterocycles. The van der Waals surface area contributed by atoms with Crippen molar-refractivity contribution in [2.24, 2.45) is 5.92 Å². The number of hydrogen-bond acceptors (Lipinski definition) is 2. The molecule has 2 rings (SSSR count). The zero-order valence-electron chi connectivity index (χ0n) is 11.5. The number of rotatable bonds is 3. The molecule has 102 valence electrons. The predicted molar refractivity (Wildman–Crippen MR) is 78.7 cm³/mol. The van der Waals surface area contributed by atoms with Gasteiger partial charge in [0.05, 0.1) is 10.1 Å². The molecular weight excluding hydrogens is 256 g/mol. The van der Waals surface area contributed by atoms with Gasteiger partial charge < -0.3 is 0 Å². The zero-order chi connectivity index (χ0) is 14.0. The lowest BCUT2D eigenvalue weighted by atomic mass is 9.86. The predicted octanol–water partition coefficient (Wildman–Crippen LogP) is 3.76. The van der Waals surface area contributed by atoms with E-state index in [9.17, 15) is 8.42 Å². The van der Waals surface area contributed by atoms with Gasteiger partial charge in [-0.05, 0) is 44.7 Å². The van der Waals surface area contributed by atoms with Gasteiger partial charge >= 0.3 is 0 Å². The third kappa shape index (κ3) is 2.81. The van der Waals surface area contributed by atoms with E-state index < -0.39 is 15.1 Å². The van der Waals surface area contributed by atoms with Gasteiger partial charge in [-0.3, -0.25) is 0 Å². The van der Waals surface area contributed by atoms with Gasteiger partial charge in [0.2, 0.25) is 0 Å². The molecule has 2 atom stereocenters. The SMILES string of the molecule is C=C(C)[C@@H]1CC=C(C)[C@H](S(=O)(=O)c2ccccc2)C1. The van der Waals surface area contributed by atoms with Crippen LogP contribution < -0.4 is 0 Å². The Morgan fingerprint density at radius 3 is 2.47 bits per heavy atom. The van der Waals surface area contributed by atoms with Gasteiger partial charge in [0.25, 0.3) is 0 Å². The van der Waals surface area contributed by atoms with Gasteiger partial charge in [0.1, 0.15) is 0 Å². The summed E-state index contributed by atoms with van der Waals surface area (Å²) in [6.07, 6.45) is 3.60. The van der Waals surface area contributed by atoms with Gasteiger partial charge in [-0.2, -0.15) is 0 Å². The van der Waals surface area contributed by atoms with Gasteiger partial charge in [-0.15, -0.1) is 0 Å². The molecule has 0 unspecified atom stereocenters. The van der Waals surface area contributed by atoms with Gasteiger partial charge in [0, 0.05) is 0 Å². The Kier molecular flexibility index (Phi) is 3.95. The third-order valence-electron chi connectivity index (χ3n) is 3.87. The molecule has 3 heteroatoms. The monoisotopic (exact) mass is 276 g/mol. The molecule has 0 saturated heterocycles. The Balaban J connectivity index is 2.38. The summed E-state index contributed by atoms with van der Waals surface area (Å²) in [5, 5.41) is -0.412. The highest BCUT2D eigenvalue weighted by Gasteiger charge is 2.33. The first-order chi connectivity index (χ1) is 8.93. The van der Waals surface area contributed by atoms with E-state index in [0.717, 1.165) is 17.6 Å². The van der Waals surface area contributed by atoms with Crippen molar-refractivity contribution >= 4 is 9.84 Å². The lowest BCUT2D eigenvalue weighted by molar-refractivity contribution is 0.517. The molecule has 0 N–H and O–H groups in total. The van der Waals surface area contributed by atoms with Gasteiger partial charge in [0.15, 0.2) is 9.84 Å². The molecule has 0 heterocycles. The maximum atomic E-state index is 12.7. The molecule has 1 aromatic rings. The van der Waals surface area contributed by atoms with Crippen LogP contribution in [0.2, 0.25) is 0 Å². The first kappa shape index (κ1) is 14.1. The molecule has 0 radical (unpaired) electrons. The molecule has 19 heavy (non-hydrogen) atoms. The number of sulfone groups is 1. The Morgan fingerprint density at radius 2 is 1.89 bits per heavy atom. The van der Waals surface area contributed by atoms with E-state index in [1.165, 1.54) is 0 Å². The lowest BCUT2D eigenvalue weighted by Gasteiger charge is -2.28. The summed E-state index contributed by atoms with van der Waals surface area (Å²) >= 11 is 0. The number of hydrogen-bond donors (Lipinski definition) is 0. The summed E-state index contributed by atoms with van der Waals surface area (Å²) < 4.78 is 25.4. The highest BCUT2D eigenvalue weighted by molar-refractivity contribution is 7.92. The van der Waals surface area contributed by atoms with E-state index in [2.05, 4.69) is 6.58 Å². The first-order valence-corrected chi connectivity index (χ1v) is 8.08. The highest BCUT2D eigenvalue weighted by Crippen LogP contribution is 2.34. The quantitative estimate of drug-likeness (QED) is 0.788. The fraction of sp³-hybridized carbons (Fsp3) is 0.375. The Bertz CT molecular complexity index is 597. The van der Waals surface area contributed by atoms with Crippen molar-refractivity contribution in [1.29, 1.82) is 0 Å². The minimum Gasteiger partial charge on any atom is -0.223 e. The fourth-order valence-electron chi connectivity index (χ4n) is 2.55. The summed E-state index contributed by atoms with van der Waals surface area (Å²) in [5.74, 6) is 0.271. The van der Waals surface area contributed by atoms with Crippen molar-refractivity contribution in [3.8, 4) is 0 Å². The third-order valence-corrected chi connectivity index (χ3v) is 6.12. The highest BCUT2D eigenvalue weighted by atomic mass is 32.2. The summed E-state index contributed by atoms with van der Waals surface area (Å²) in [6, 6.07) is 8.72. The van der Waals surface area contributed by atoms with Crippen LogP contribution in [0.3, 0.4) is 0 Å². The normalized spacial score (nSPS) is 23.8. The molecule has 0 amide bonds. The molecule has 2 nitrogen and oxygen atoms in total. The topological polar surface area (TPSA) is 34.1 Å². The van der Waals surface area contributed by atoms with Crippen molar-refractivity contribution in [2.45, 2.75) is 36.8 Å². The van der Waals surface area contributed by atoms with Gasteiger partial charge in [-0.1, -0.05) is 42.0 Å². The van der Waals surface area contributed by atoms with Crippen LogP contribution in [0.25, 0.3) is 0 Å². The summed E-state index contributed by atoms with van der Waals surface area (Å²) in [5.41, 5.74) is 2.03. The molecule has 1 aromatic carbocycles. The van der Waals surface area contributed by atoms with Crippen molar-refractivity contribution in [2.75, 3.05) is 0 Å². The Morgan fingerprint density at radius 1 is 1.26 bits per heavy atom. The Hall–Kier alpha value is -1.35. The number of benzene rings is 1. The second-order valence-corrected chi connectivity index (χ2v) is 7.44. The van der Waals surface area contributed by atoms with Gasteiger partial charge in [-0.25, -0.2) is 8.42 Å². The van der Waals surface area contributed by atoms with E-state index >= 15 is 0 Å². The van der Waals surface area contributed by atoms with Crippen molar-refractivity contribution in [1.82, 2.24) is 0 Å². The van der Waals surface area contributed by atoms with E-state index in [4.69, 9.17) is 0 Å². The maximum Gasteiger partial charge on any atom is 0.185 e. The van der Waals surface area contributed by atoms with Crippen molar-refractivity contribution in [3.05, 3.63) is 54.1 Å². The lowest BCUT2D eigenvalue weighted by Crippen LogP contribution is -2.28. The van der Waals surface area contributed by atoms with E-state index in [1.807, 2.05) is 26.0 Å². The van der Waals surface area contributed by atoms with Crippen LogP contribution in [0.4, 0.5) is 0 Å². The van der Waals surface area contributed by atoms with Crippen LogP contribution in [0.5, 0.6) is 0 Å². The van der Waals surface area contributed by atoms with Crippen LogP contribution in [0, 0.1) is 5.92 Å². The zero-order valence-corrected chi connectivity index (χ0v) is 12.3. The smallest absolute Gasteiger partial charge is 0.185 e. The van der Waals surface area contributed by atoms with E-state index in [0.29, 0.717) is 11.3 Å². The summed E-state index contributed by atoms with van der Waals surface area (Å²) in [7, 11) is -3.29. The maximum absolute atomic E-state index is 12.7. The Labute approximate surface area is 115 Å². The van der Waals surface area contributed by atoms with Crippen LogP contribution in [-0.2, 0) is 9.84 Å². The molecular formula is C16H20O2S. The standard InChI is InChI=1S/C16H20O2S/c1-12(2)14-10-9-13(3)16(11-14)19(17,18)15-7-5-4-6-8-15/h4-9,14,16H,1,10-11H2,2-3H3/t14-,16-/m1/s1. The largest absolute Gasteiger partial charge is 0.223 e. The summed E-state index contributed by atoms with van der Waals surface area (Å²) in [4.78, 5) is 0.412. The molecule has 0 aliphatic heterocycles. The molecule has 1 aliphatic carbocycles. The van der Waals surface area contributed by atoms with Crippen LogP contribution >= 0.6 is 0 Å². The average Bonchev–Trinajstić information content (AvgIpc) is 2.39. The first-order valence-electron chi connectivity index (χ1n) is 6.54. The molecule has 0 spiro atoms. The molecule has 0 fully saturated rings. The molecule has 0 saturated carbocycles. The molecule has 0 bridgehead atoms. The molecule has 1 aliphatic rings. The van der Waals surface area contributed by atoms with Crippen LogP contribution in [0.1, 0.15) is 26.7 Å². The second-order valence-electron chi connectivity index (χ2n) is 5.31. The van der Waals surface area contributed by atoms with E-state index in [1.54, 1.807) is 24.3 Å². The average molecular weight is 276 g/mol.